The Kier molecular flexibility index (Phi) is 10.9. The maximum absolute atomic E-state index is 5.77. The highest BCUT2D eigenvalue weighted by molar-refractivity contribution is 14.0. The third-order valence-electron chi connectivity index (χ3n) is 3.58. The fourth-order valence-electron chi connectivity index (χ4n) is 2.23. The summed E-state index contributed by atoms with van der Waals surface area (Å²) < 4.78 is 7.80. The Morgan fingerprint density at radius 1 is 1.28 bits per heavy atom. The van der Waals surface area contributed by atoms with Crippen molar-refractivity contribution in [1.82, 2.24) is 20.2 Å². The number of aliphatic imine (C=N–C) groups is 1. The van der Waals surface area contributed by atoms with Crippen molar-refractivity contribution in [2.24, 2.45) is 10.9 Å². The molecular formula is C18H28IN5O. The van der Waals surface area contributed by atoms with Crippen LogP contribution in [-0.2, 0) is 17.9 Å². The van der Waals surface area contributed by atoms with Gasteiger partial charge in [-0.15, -0.1) is 24.0 Å². The molecule has 0 bridgehead atoms. The van der Waals surface area contributed by atoms with E-state index in [4.69, 9.17) is 4.74 Å². The van der Waals surface area contributed by atoms with Gasteiger partial charge in [-0.3, -0.25) is 4.99 Å². The number of ether oxygens (including phenoxy) is 1. The second kappa shape index (κ2) is 12.7. The highest BCUT2D eigenvalue weighted by Crippen LogP contribution is 2.02. The van der Waals surface area contributed by atoms with Crippen molar-refractivity contribution in [3.8, 4) is 0 Å². The van der Waals surface area contributed by atoms with E-state index in [1.54, 1.807) is 13.2 Å². The van der Waals surface area contributed by atoms with Gasteiger partial charge in [-0.2, -0.15) is 0 Å². The van der Waals surface area contributed by atoms with E-state index in [9.17, 15) is 0 Å². The van der Waals surface area contributed by atoms with E-state index < -0.39 is 0 Å². The topological polar surface area (TPSA) is 63.5 Å². The predicted octanol–water partition coefficient (Wildman–Crippen LogP) is 2.52. The standard InChI is InChI=1S/C18H27N5O.HI/c1-16(13-24-14-17-6-4-3-5-7-17)12-22-18(19-2)21-9-11-23-10-8-20-15-23;/h3-8,10,15-16H,9,11-14H2,1-2H3,(H2,19,21,22);1H. The van der Waals surface area contributed by atoms with Crippen LogP contribution >= 0.6 is 24.0 Å². The lowest BCUT2D eigenvalue weighted by molar-refractivity contribution is 0.0931. The van der Waals surface area contributed by atoms with Gasteiger partial charge in [-0.05, 0) is 11.5 Å². The van der Waals surface area contributed by atoms with Gasteiger partial charge in [0.2, 0.25) is 0 Å². The second-order valence-corrected chi connectivity index (χ2v) is 5.79. The molecule has 6 nitrogen and oxygen atoms in total. The molecule has 25 heavy (non-hydrogen) atoms. The summed E-state index contributed by atoms with van der Waals surface area (Å²) in [7, 11) is 1.78. The average Bonchev–Trinajstić information content (AvgIpc) is 3.12. The van der Waals surface area contributed by atoms with Crippen molar-refractivity contribution >= 4 is 29.9 Å². The lowest BCUT2D eigenvalue weighted by Crippen LogP contribution is -2.41. The molecule has 7 heteroatoms. The molecule has 2 aromatic rings. The Hall–Kier alpha value is -1.61. The normalized spacial score (nSPS) is 12.3. The molecule has 138 valence electrons. The van der Waals surface area contributed by atoms with Crippen LogP contribution in [0.3, 0.4) is 0 Å². The van der Waals surface area contributed by atoms with Crippen molar-refractivity contribution in [3.05, 3.63) is 54.6 Å². The molecule has 2 N–H and O–H groups in total. The zero-order chi connectivity index (χ0) is 17.0. The van der Waals surface area contributed by atoms with Crippen LogP contribution in [0.1, 0.15) is 12.5 Å². The van der Waals surface area contributed by atoms with Gasteiger partial charge in [0.1, 0.15) is 0 Å². The van der Waals surface area contributed by atoms with Gasteiger partial charge in [0.05, 0.1) is 19.5 Å². The Balaban J connectivity index is 0.00000312. The lowest BCUT2D eigenvalue weighted by Gasteiger charge is -2.16. The van der Waals surface area contributed by atoms with Crippen molar-refractivity contribution < 1.29 is 4.74 Å². The highest BCUT2D eigenvalue weighted by Gasteiger charge is 2.04. The molecule has 0 saturated heterocycles. The van der Waals surface area contributed by atoms with Crippen LogP contribution in [0.25, 0.3) is 0 Å². The Labute approximate surface area is 167 Å². The monoisotopic (exact) mass is 457 g/mol. The molecule has 0 spiro atoms. The first kappa shape index (κ1) is 21.4. The van der Waals surface area contributed by atoms with Crippen LogP contribution in [0.5, 0.6) is 0 Å². The molecule has 1 aromatic heterocycles. The van der Waals surface area contributed by atoms with Gasteiger partial charge in [-0.25, -0.2) is 4.98 Å². The fourth-order valence-corrected chi connectivity index (χ4v) is 2.23. The first-order chi connectivity index (χ1) is 11.8. The summed E-state index contributed by atoms with van der Waals surface area (Å²) in [6.07, 6.45) is 5.54. The first-order valence-corrected chi connectivity index (χ1v) is 8.30. The number of guanidine groups is 1. The average molecular weight is 457 g/mol. The van der Waals surface area contributed by atoms with E-state index in [-0.39, 0.29) is 24.0 Å². The maximum atomic E-state index is 5.77. The van der Waals surface area contributed by atoms with Crippen LogP contribution < -0.4 is 10.6 Å². The van der Waals surface area contributed by atoms with Crippen LogP contribution in [0, 0.1) is 5.92 Å². The number of imidazole rings is 1. The highest BCUT2D eigenvalue weighted by atomic mass is 127. The second-order valence-electron chi connectivity index (χ2n) is 5.79. The van der Waals surface area contributed by atoms with E-state index in [2.05, 4.69) is 39.7 Å². The molecule has 1 unspecified atom stereocenters. The smallest absolute Gasteiger partial charge is 0.191 e. The summed E-state index contributed by atoms with van der Waals surface area (Å²) in [6, 6.07) is 10.2. The number of aromatic nitrogens is 2. The largest absolute Gasteiger partial charge is 0.376 e. The van der Waals surface area contributed by atoms with Gasteiger partial charge in [0.15, 0.2) is 5.96 Å². The van der Waals surface area contributed by atoms with E-state index in [0.29, 0.717) is 19.1 Å². The van der Waals surface area contributed by atoms with Crippen LogP contribution in [-0.4, -0.2) is 42.3 Å². The molecule has 1 heterocycles. The van der Waals surface area contributed by atoms with Gasteiger partial charge in [0, 0.05) is 39.1 Å². The maximum Gasteiger partial charge on any atom is 0.191 e. The molecule has 0 saturated carbocycles. The molecule has 1 atom stereocenters. The number of halogens is 1. The van der Waals surface area contributed by atoms with Crippen LogP contribution in [0.4, 0.5) is 0 Å². The summed E-state index contributed by atoms with van der Waals surface area (Å²) in [5, 5.41) is 6.63. The van der Waals surface area contributed by atoms with Crippen LogP contribution in [0.15, 0.2) is 54.0 Å². The molecule has 0 aliphatic rings. The van der Waals surface area contributed by atoms with E-state index in [1.165, 1.54) is 5.56 Å². The summed E-state index contributed by atoms with van der Waals surface area (Å²) >= 11 is 0. The molecule has 0 radical (unpaired) electrons. The van der Waals surface area contributed by atoms with Crippen LogP contribution in [0.2, 0.25) is 0 Å². The summed E-state index contributed by atoms with van der Waals surface area (Å²) in [4.78, 5) is 8.26. The van der Waals surface area contributed by atoms with Gasteiger partial charge in [-0.1, -0.05) is 37.3 Å². The van der Waals surface area contributed by atoms with Crippen molar-refractivity contribution in [2.75, 3.05) is 26.7 Å². The Bertz CT molecular complexity index is 589. The molecule has 0 fully saturated rings. The fraction of sp³-hybridized carbons (Fsp3) is 0.444. The van der Waals surface area contributed by atoms with Crippen molar-refractivity contribution in [3.63, 3.8) is 0 Å². The van der Waals surface area contributed by atoms with Crippen molar-refractivity contribution in [2.45, 2.75) is 20.1 Å². The number of hydrogen-bond donors (Lipinski definition) is 2. The number of nitrogens with one attached hydrogen (secondary N) is 2. The summed E-state index contributed by atoms with van der Waals surface area (Å²) in [5.41, 5.74) is 1.20. The third-order valence-corrected chi connectivity index (χ3v) is 3.58. The zero-order valence-corrected chi connectivity index (χ0v) is 17.2. The zero-order valence-electron chi connectivity index (χ0n) is 14.9. The molecule has 2 rings (SSSR count). The molecule has 0 amide bonds. The predicted molar refractivity (Wildman–Crippen MR) is 112 cm³/mol. The molecule has 1 aromatic carbocycles. The Morgan fingerprint density at radius 2 is 2.08 bits per heavy atom. The quantitative estimate of drug-likeness (QED) is 0.345. The minimum Gasteiger partial charge on any atom is -0.376 e. The summed E-state index contributed by atoms with van der Waals surface area (Å²) in [6.45, 7) is 6.01. The number of rotatable bonds is 9. The SMILES string of the molecule is CN=C(NCCn1ccnc1)NCC(C)COCc1ccccc1.I. The van der Waals surface area contributed by atoms with E-state index >= 15 is 0 Å². The lowest BCUT2D eigenvalue weighted by atomic mass is 10.2. The molecule has 0 aliphatic heterocycles. The number of benzene rings is 1. The first-order valence-electron chi connectivity index (χ1n) is 8.30. The number of nitrogens with zero attached hydrogens (tertiary/aromatic N) is 3. The van der Waals surface area contributed by atoms with Crippen molar-refractivity contribution in [1.29, 1.82) is 0 Å². The van der Waals surface area contributed by atoms with E-state index in [0.717, 1.165) is 25.6 Å². The molecule has 0 aliphatic carbocycles. The third kappa shape index (κ3) is 8.87. The minimum absolute atomic E-state index is 0. The van der Waals surface area contributed by atoms with Gasteiger partial charge >= 0.3 is 0 Å². The van der Waals surface area contributed by atoms with Gasteiger partial charge < -0.3 is 19.9 Å². The molecular weight excluding hydrogens is 429 g/mol. The summed E-state index contributed by atoms with van der Waals surface area (Å²) in [5.74, 6) is 1.21. The van der Waals surface area contributed by atoms with E-state index in [1.807, 2.05) is 35.3 Å². The minimum atomic E-state index is 0. The Morgan fingerprint density at radius 3 is 2.76 bits per heavy atom. The van der Waals surface area contributed by atoms with Gasteiger partial charge in [0.25, 0.3) is 0 Å². The number of hydrogen-bond acceptors (Lipinski definition) is 3.